The second-order valence-corrected chi connectivity index (χ2v) is 7.95. The number of rotatable bonds is 8. The smallest absolute Gasteiger partial charge is 0.241 e. The lowest BCUT2D eigenvalue weighted by Gasteiger charge is -2.13. The minimum absolute atomic E-state index is 0.129. The van der Waals surface area contributed by atoms with Crippen LogP contribution in [0.15, 0.2) is 51.9 Å². The second-order valence-electron chi connectivity index (χ2n) is 6.21. The van der Waals surface area contributed by atoms with Crippen LogP contribution in [0.5, 0.6) is 5.75 Å². The maximum absolute atomic E-state index is 12.9. The molecular formula is C20H23N3O4S. The van der Waals surface area contributed by atoms with Crippen LogP contribution in [-0.2, 0) is 23.0 Å². The number of para-hydroxylation sites is 1. The van der Waals surface area contributed by atoms with Crippen LogP contribution < -0.4 is 9.46 Å². The van der Waals surface area contributed by atoms with E-state index in [4.69, 9.17) is 9.26 Å². The summed E-state index contributed by atoms with van der Waals surface area (Å²) < 4.78 is 39.2. The maximum atomic E-state index is 12.9. The van der Waals surface area contributed by atoms with E-state index in [1.807, 2.05) is 38.1 Å². The summed E-state index contributed by atoms with van der Waals surface area (Å²) in [5.74, 6) is 1.54. The van der Waals surface area contributed by atoms with E-state index in [-0.39, 0.29) is 11.4 Å². The van der Waals surface area contributed by atoms with Gasteiger partial charge in [-0.15, -0.1) is 0 Å². The Labute approximate surface area is 164 Å². The van der Waals surface area contributed by atoms with Crippen LogP contribution in [0.1, 0.15) is 30.9 Å². The largest absolute Gasteiger partial charge is 0.494 e. The number of aromatic nitrogens is 2. The molecule has 0 fully saturated rings. The van der Waals surface area contributed by atoms with Crippen LogP contribution in [0.2, 0.25) is 0 Å². The Morgan fingerprint density at radius 2 is 1.93 bits per heavy atom. The lowest BCUT2D eigenvalue weighted by molar-refractivity contribution is 0.336. The Bertz CT molecular complexity index is 1060. The summed E-state index contributed by atoms with van der Waals surface area (Å²) in [5, 5.41) is 3.92. The molecule has 0 saturated carbocycles. The molecule has 3 rings (SSSR count). The number of hydrogen-bond donors (Lipinski definition) is 1. The first-order chi connectivity index (χ1) is 13.4. The standard InChI is InChI=1S/C20H23N3O4S/c1-4-19-22-20(23-27-19)15-11-10-14(3)18(12-15)28(24,25)21-13-16-8-6-7-9-17(16)26-5-2/h6-12,21H,4-5,13H2,1-3H3. The molecule has 3 aromatic rings. The fourth-order valence-corrected chi connectivity index (χ4v) is 4.02. The highest BCUT2D eigenvalue weighted by atomic mass is 32.2. The molecule has 0 atom stereocenters. The van der Waals surface area contributed by atoms with Crippen LogP contribution in [0.25, 0.3) is 11.4 Å². The first-order valence-electron chi connectivity index (χ1n) is 9.08. The fourth-order valence-electron chi connectivity index (χ4n) is 2.74. The van der Waals surface area contributed by atoms with Gasteiger partial charge < -0.3 is 9.26 Å². The highest BCUT2D eigenvalue weighted by Gasteiger charge is 2.19. The molecule has 148 valence electrons. The number of aryl methyl sites for hydroxylation is 2. The number of sulfonamides is 1. The summed E-state index contributed by atoms with van der Waals surface area (Å²) in [4.78, 5) is 4.45. The summed E-state index contributed by atoms with van der Waals surface area (Å²) >= 11 is 0. The van der Waals surface area contributed by atoms with Crippen molar-refractivity contribution in [2.24, 2.45) is 0 Å². The Balaban J connectivity index is 1.86. The van der Waals surface area contributed by atoms with Gasteiger partial charge in [-0.3, -0.25) is 0 Å². The lowest BCUT2D eigenvalue weighted by Crippen LogP contribution is -2.24. The third-order valence-electron chi connectivity index (χ3n) is 4.23. The Kier molecular flexibility index (Phi) is 6.11. The van der Waals surface area contributed by atoms with E-state index in [9.17, 15) is 8.42 Å². The first kappa shape index (κ1) is 20.0. The van der Waals surface area contributed by atoms with Crippen molar-refractivity contribution in [3.63, 3.8) is 0 Å². The van der Waals surface area contributed by atoms with E-state index in [0.717, 1.165) is 5.56 Å². The minimum Gasteiger partial charge on any atom is -0.494 e. The van der Waals surface area contributed by atoms with Crippen molar-refractivity contribution in [2.45, 2.75) is 38.6 Å². The quantitative estimate of drug-likeness (QED) is 0.621. The molecule has 8 heteroatoms. The van der Waals surface area contributed by atoms with E-state index < -0.39 is 10.0 Å². The molecule has 0 amide bonds. The molecule has 1 aromatic heterocycles. The fraction of sp³-hybridized carbons (Fsp3) is 0.300. The number of nitrogens with zero attached hydrogens (tertiary/aromatic N) is 2. The molecular weight excluding hydrogens is 378 g/mol. The van der Waals surface area contributed by atoms with Crippen molar-refractivity contribution in [2.75, 3.05) is 6.61 Å². The van der Waals surface area contributed by atoms with Gasteiger partial charge in [0, 0.05) is 24.1 Å². The van der Waals surface area contributed by atoms with Crippen molar-refractivity contribution in [3.05, 3.63) is 59.5 Å². The van der Waals surface area contributed by atoms with Gasteiger partial charge in [-0.2, -0.15) is 4.98 Å². The van der Waals surface area contributed by atoms with E-state index in [2.05, 4.69) is 14.9 Å². The van der Waals surface area contributed by atoms with Gasteiger partial charge in [0.05, 0.1) is 11.5 Å². The molecule has 0 saturated heterocycles. The maximum Gasteiger partial charge on any atom is 0.241 e. The van der Waals surface area contributed by atoms with Crippen molar-refractivity contribution in [1.82, 2.24) is 14.9 Å². The molecule has 0 aliphatic heterocycles. The van der Waals surface area contributed by atoms with Crippen LogP contribution in [0, 0.1) is 6.92 Å². The molecule has 0 bridgehead atoms. The zero-order valence-electron chi connectivity index (χ0n) is 16.1. The summed E-state index contributed by atoms with van der Waals surface area (Å²) in [7, 11) is -3.74. The monoisotopic (exact) mass is 401 g/mol. The average molecular weight is 401 g/mol. The highest BCUT2D eigenvalue weighted by Crippen LogP contribution is 2.24. The third kappa shape index (κ3) is 4.40. The van der Waals surface area contributed by atoms with Gasteiger partial charge in [0.25, 0.3) is 0 Å². The van der Waals surface area contributed by atoms with Crippen LogP contribution in [0.3, 0.4) is 0 Å². The molecule has 2 aromatic carbocycles. The van der Waals surface area contributed by atoms with Gasteiger partial charge in [-0.05, 0) is 31.5 Å². The van der Waals surface area contributed by atoms with E-state index >= 15 is 0 Å². The Morgan fingerprint density at radius 1 is 1.14 bits per heavy atom. The summed E-state index contributed by atoms with van der Waals surface area (Å²) in [6, 6.07) is 12.4. The number of benzene rings is 2. The van der Waals surface area contributed by atoms with E-state index in [0.29, 0.717) is 41.6 Å². The van der Waals surface area contributed by atoms with Gasteiger partial charge in [0.2, 0.25) is 21.7 Å². The summed E-state index contributed by atoms with van der Waals surface area (Å²) in [6.45, 7) is 6.18. The van der Waals surface area contributed by atoms with Crippen molar-refractivity contribution < 1.29 is 17.7 Å². The lowest BCUT2D eigenvalue weighted by atomic mass is 10.1. The SMILES string of the molecule is CCOc1ccccc1CNS(=O)(=O)c1cc(-c2noc(CC)n2)ccc1C. The predicted molar refractivity (Wildman–Crippen MR) is 105 cm³/mol. The average Bonchev–Trinajstić information content (AvgIpc) is 3.17. The number of hydrogen-bond acceptors (Lipinski definition) is 6. The highest BCUT2D eigenvalue weighted by molar-refractivity contribution is 7.89. The molecule has 0 spiro atoms. The second kappa shape index (κ2) is 8.53. The Morgan fingerprint density at radius 3 is 2.64 bits per heavy atom. The molecule has 1 heterocycles. The third-order valence-corrected chi connectivity index (χ3v) is 5.77. The molecule has 0 aliphatic carbocycles. The van der Waals surface area contributed by atoms with Gasteiger partial charge in [-0.25, -0.2) is 13.1 Å². The summed E-state index contributed by atoms with van der Waals surface area (Å²) in [6.07, 6.45) is 0.616. The minimum atomic E-state index is -3.74. The molecule has 0 aliphatic rings. The van der Waals surface area contributed by atoms with E-state index in [1.54, 1.807) is 25.1 Å². The molecule has 0 unspecified atom stereocenters. The first-order valence-corrected chi connectivity index (χ1v) is 10.6. The van der Waals surface area contributed by atoms with Gasteiger partial charge in [0.1, 0.15) is 5.75 Å². The van der Waals surface area contributed by atoms with Gasteiger partial charge in [-0.1, -0.05) is 42.4 Å². The predicted octanol–water partition coefficient (Wildman–Crippen LogP) is 3.48. The van der Waals surface area contributed by atoms with Crippen molar-refractivity contribution in [3.8, 4) is 17.1 Å². The zero-order valence-corrected chi connectivity index (χ0v) is 16.9. The molecule has 0 radical (unpaired) electrons. The van der Waals surface area contributed by atoms with Gasteiger partial charge >= 0.3 is 0 Å². The van der Waals surface area contributed by atoms with Crippen molar-refractivity contribution in [1.29, 1.82) is 0 Å². The van der Waals surface area contributed by atoms with Crippen LogP contribution in [0.4, 0.5) is 0 Å². The normalized spacial score (nSPS) is 11.5. The van der Waals surface area contributed by atoms with Gasteiger partial charge in [0.15, 0.2) is 0 Å². The molecule has 7 nitrogen and oxygen atoms in total. The van der Waals surface area contributed by atoms with Crippen LogP contribution >= 0.6 is 0 Å². The van der Waals surface area contributed by atoms with E-state index in [1.165, 1.54) is 0 Å². The number of nitrogens with one attached hydrogen (secondary N) is 1. The van der Waals surface area contributed by atoms with Crippen molar-refractivity contribution >= 4 is 10.0 Å². The molecule has 28 heavy (non-hydrogen) atoms. The van der Waals surface area contributed by atoms with Crippen LogP contribution in [-0.4, -0.2) is 25.2 Å². The molecule has 1 N–H and O–H groups in total. The number of ether oxygens (including phenoxy) is 1. The summed E-state index contributed by atoms with van der Waals surface area (Å²) in [5.41, 5.74) is 1.99. The Hall–Kier alpha value is -2.71. The topological polar surface area (TPSA) is 94.3 Å². The zero-order chi connectivity index (χ0) is 20.1.